The summed E-state index contributed by atoms with van der Waals surface area (Å²) in [5.74, 6) is 0. The van der Waals surface area contributed by atoms with Crippen molar-refractivity contribution in [2.24, 2.45) is 0 Å². The number of hydrogen-bond donors (Lipinski definition) is 0. The molecule has 0 heterocycles. The first-order chi connectivity index (χ1) is 2.24. The van der Waals surface area contributed by atoms with Gasteiger partial charge in [-0.05, 0) is 0 Å². The summed E-state index contributed by atoms with van der Waals surface area (Å²) in [4.78, 5) is 0. The first kappa shape index (κ1) is 7.79. The van der Waals surface area contributed by atoms with Gasteiger partial charge in [0.15, 0.2) is 0 Å². The van der Waals surface area contributed by atoms with E-state index in [1.54, 1.807) is 0 Å². The molecule has 6 heavy (non-hydrogen) atoms. The van der Waals surface area contributed by atoms with Crippen molar-refractivity contribution < 1.29 is 5.71 Å². The van der Waals surface area contributed by atoms with E-state index >= 15 is 0 Å². The molecule has 0 aromatic carbocycles. The average molecular weight is 344 g/mol. The molecule has 0 aliphatic heterocycles. The van der Waals surface area contributed by atoms with Gasteiger partial charge in [-0.25, -0.2) is 0 Å². The summed E-state index contributed by atoms with van der Waals surface area (Å²) in [7, 11) is 22.5. The molecule has 0 unspecified atom stereocenters. The van der Waals surface area contributed by atoms with Crippen LogP contribution < -0.4 is 0 Å². The Morgan fingerprint density at radius 1 is 0.667 bits per heavy atom. The van der Waals surface area contributed by atoms with Gasteiger partial charge in [0, 0.05) is 0 Å². The Kier molecular flexibility index (Phi) is 2.12. The molecule has 0 spiro atoms. The van der Waals surface area contributed by atoms with Crippen molar-refractivity contribution in [1.29, 1.82) is 0 Å². The predicted molar refractivity (Wildman–Crippen MR) is 38.0 cm³/mol. The van der Waals surface area contributed by atoms with E-state index in [0.717, 1.165) is 0 Å². The van der Waals surface area contributed by atoms with E-state index in [4.69, 9.17) is 0 Å². The van der Waals surface area contributed by atoms with Crippen molar-refractivity contribution in [3.63, 3.8) is 0 Å². The van der Waals surface area contributed by atoms with Gasteiger partial charge >= 0.3 is 54.8 Å². The normalized spacial score (nSPS) is 10.0. The van der Waals surface area contributed by atoms with Crippen LogP contribution in [0.4, 0.5) is 0 Å². The van der Waals surface area contributed by atoms with Crippen molar-refractivity contribution in [2.45, 2.75) is 0 Å². The van der Waals surface area contributed by atoms with Gasteiger partial charge in [-0.1, -0.05) is 0 Å². The van der Waals surface area contributed by atoms with Gasteiger partial charge in [-0.3, -0.25) is 0 Å². The third kappa shape index (κ3) is 41.5. The van der Waals surface area contributed by atoms with Crippen LogP contribution in [0.3, 0.4) is 0 Å². The molecule has 0 fully saturated rings. The van der Waals surface area contributed by atoms with Crippen LogP contribution in [0, 0.1) is 0 Å². The molecular weight excluding hydrogens is 344 g/mol. The van der Waals surface area contributed by atoms with Crippen molar-refractivity contribution in [2.75, 3.05) is 0 Å². The topological polar surface area (TPSA) is 0 Å². The molecule has 0 rings (SSSR count). The fraction of sp³-hybridized carbons (Fsp3) is 0. The summed E-state index contributed by atoms with van der Waals surface area (Å²) in [6, 6.07) is 0. The van der Waals surface area contributed by atoms with Crippen molar-refractivity contribution in [3.8, 4) is 0 Å². The van der Waals surface area contributed by atoms with Crippen LogP contribution in [0.25, 0.3) is 0 Å². The summed E-state index contributed by atoms with van der Waals surface area (Å²) in [6.45, 7) is 0. The van der Waals surface area contributed by atoms with Crippen molar-refractivity contribution in [3.05, 3.63) is 0 Å². The zero-order valence-corrected chi connectivity index (χ0v) is 9.47. The van der Waals surface area contributed by atoms with Gasteiger partial charge in [-0.2, -0.15) is 0 Å². The van der Waals surface area contributed by atoms with Crippen LogP contribution in [-0.2, 0) is 5.71 Å². The Hall–Kier alpha value is 1.79. The first-order valence-electron chi connectivity index (χ1n) is 0.833. The average Bonchev–Trinajstić information content (AvgIpc) is 0.650. The Balaban J connectivity index is 7.45. The molecule has 6 heteroatoms. The summed E-state index contributed by atoms with van der Waals surface area (Å²) in [5, 5.41) is 0. The molecule has 0 saturated heterocycles. The van der Waals surface area contributed by atoms with E-state index in [2.05, 4.69) is 49.1 Å². The second-order valence-electron chi connectivity index (χ2n) is 0.680. The Morgan fingerprint density at radius 3 is 0.667 bits per heavy atom. The molecule has 0 aliphatic carbocycles. The summed E-state index contributed by atoms with van der Waals surface area (Å²) >= 11 is 0. The molecule has 0 aliphatic rings. The molecule has 0 bridgehead atoms. The van der Waals surface area contributed by atoms with Gasteiger partial charge in [0.05, 0.1) is 0 Å². The molecule has 0 nitrogen and oxygen atoms in total. The van der Waals surface area contributed by atoms with Gasteiger partial charge in [0.2, 0.25) is 0 Å². The number of hydrogen-bond acceptors (Lipinski definition) is 5. The van der Waals surface area contributed by atoms with E-state index in [9.17, 15) is 0 Å². The van der Waals surface area contributed by atoms with Gasteiger partial charge in [0.25, 0.3) is 0 Å². The SMILES string of the molecule is [S]=[W](=[S])(=[S])(=[S])=[S]. The second kappa shape index (κ2) is 1.64. The van der Waals surface area contributed by atoms with Gasteiger partial charge in [0.1, 0.15) is 0 Å². The van der Waals surface area contributed by atoms with Gasteiger partial charge < -0.3 is 0 Å². The van der Waals surface area contributed by atoms with Crippen molar-refractivity contribution >= 4 is 49.1 Å². The maximum absolute atomic E-state index is 4.50. The quantitative estimate of drug-likeness (QED) is 0.660. The van der Waals surface area contributed by atoms with Crippen LogP contribution in [-0.4, -0.2) is 0 Å². The van der Waals surface area contributed by atoms with Crippen molar-refractivity contribution in [1.82, 2.24) is 0 Å². The van der Waals surface area contributed by atoms with Crippen LogP contribution >= 0.6 is 49.1 Å². The van der Waals surface area contributed by atoms with Crippen LogP contribution in [0.5, 0.6) is 0 Å². The molecule has 0 saturated carbocycles. The molecule has 0 aromatic heterocycles. The molecule has 0 atom stereocenters. The first-order valence-corrected chi connectivity index (χ1v) is 20.5. The van der Waals surface area contributed by atoms with E-state index in [0.29, 0.717) is 0 Å². The molecular formula is S5W. The molecule has 0 amide bonds. The van der Waals surface area contributed by atoms with E-state index in [1.165, 1.54) is 0 Å². The minimum absolute atomic E-state index is 3.83. The van der Waals surface area contributed by atoms with Gasteiger partial charge in [-0.15, -0.1) is 0 Å². The Labute approximate surface area is 54.0 Å². The molecule has 0 aromatic rings. The summed E-state index contributed by atoms with van der Waals surface area (Å²) < 4.78 is 0. The second-order valence-corrected chi connectivity index (χ2v) is 50.1. The number of rotatable bonds is 0. The summed E-state index contributed by atoms with van der Waals surface area (Å²) in [6.07, 6.45) is 0. The third-order valence-electron chi connectivity index (χ3n) is 0. The monoisotopic (exact) mass is 344 g/mol. The fourth-order valence-corrected chi connectivity index (χ4v) is 0. The molecule has 36 valence electrons. The fourth-order valence-electron chi connectivity index (χ4n) is 0. The van der Waals surface area contributed by atoms with Crippen LogP contribution in [0.15, 0.2) is 0 Å². The third-order valence-corrected chi connectivity index (χ3v) is 0. The standard InChI is InChI=1S/5S.W. The van der Waals surface area contributed by atoms with E-state index in [1.807, 2.05) is 0 Å². The van der Waals surface area contributed by atoms with Crippen LogP contribution in [0.1, 0.15) is 0 Å². The Bertz CT molecular complexity index is 274. The van der Waals surface area contributed by atoms with Crippen LogP contribution in [0.2, 0.25) is 0 Å². The molecule has 0 radical (unpaired) electrons. The maximum atomic E-state index is 4.50. The Morgan fingerprint density at radius 2 is 0.667 bits per heavy atom. The zero-order valence-electron chi connectivity index (χ0n) is 2.45. The summed E-state index contributed by atoms with van der Waals surface area (Å²) in [5.41, 5.74) is -3.83. The van der Waals surface area contributed by atoms with E-state index < -0.39 is 5.71 Å². The zero-order chi connectivity index (χ0) is 5.45. The minimum atomic E-state index is -3.83. The molecule has 0 N–H and O–H groups in total. The van der Waals surface area contributed by atoms with E-state index in [-0.39, 0.29) is 0 Å². The predicted octanol–water partition coefficient (Wildman–Crippen LogP) is 3.24.